The van der Waals surface area contributed by atoms with Gasteiger partial charge in [0.1, 0.15) is 23.9 Å². The Labute approximate surface area is 165 Å². The number of carbonyl (C=O) groups is 1. The van der Waals surface area contributed by atoms with Crippen LogP contribution < -0.4 is 19.5 Å². The fourth-order valence-electron chi connectivity index (χ4n) is 2.79. The zero-order valence-corrected chi connectivity index (χ0v) is 16.3. The summed E-state index contributed by atoms with van der Waals surface area (Å²) in [6, 6.07) is 21.0. The van der Waals surface area contributed by atoms with E-state index in [9.17, 15) is 4.79 Å². The number of fused-ring (bicyclic) bond motifs is 1. The molecular formula is C23H25NO4. The molecule has 3 aromatic rings. The number of nitrogens with one attached hydrogen (secondary N) is 1. The van der Waals surface area contributed by atoms with E-state index in [0.29, 0.717) is 12.4 Å². The minimum atomic E-state index is -0.607. The van der Waals surface area contributed by atoms with Crippen LogP contribution in [-0.2, 0) is 4.79 Å². The Morgan fingerprint density at radius 3 is 2.25 bits per heavy atom. The molecule has 0 saturated heterocycles. The molecule has 2 atom stereocenters. The van der Waals surface area contributed by atoms with Crippen molar-refractivity contribution in [2.45, 2.75) is 26.0 Å². The van der Waals surface area contributed by atoms with Gasteiger partial charge < -0.3 is 19.5 Å². The van der Waals surface area contributed by atoms with Gasteiger partial charge in [0.25, 0.3) is 5.91 Å². The molecule has 0 heterocycles. The van der Waals surface area contributed by atoms with E-state index < -0.39 is 6.10 Å². The van der Waals surface area contributed by atoms with Gasteiger partial charge in [0.2, 0.25) is 0 Å². The van der Waals surface area contributed by atoms with Gasteiger partial charge in [-0.2, -0.15) is 0 Å². The predicted molar refractivity (Wildman–Crippen MR) is 110 cm³/mol. The summed E-state index contributed by atoms with van der Waals surface area (Å²) >= 11 is 0. The van der Waals surface area contributed by atoms with E-state index in [-0.39, 0.29) is 11.9 Å². The largest absolute Gasteiger partial charge is 0.497 e. The second-order valence-electron chi connectivity index (χ2n) is 6.67. The van der Waals surface area contributed by atoms with Crippen molar-refractivity contribution in [1.82, 2.24) is 5.32 Å². The molecule has 146 valence electrons. The fourth-order valence-corrected chi connectivity index (χ4v) is 2.79. The van der Waals surface area contributed by atoms with Crippen molar-refractivity contribution in [2.24, 2.45) is 0 Å². The van der Waals surface area contributed by atoms with Gasteiger partial charge in [-0.05, 0) is 61.0 Å². The molecule has 0 bridgehead atoms. The number of benzene rings is 3. The molecule has 0 radical (unpaired) electrons. The second kappa shape index (κ2) is 9.13. The van der Waals surface area contributed by atoms with Gasteiger partial charge in [0, 0.05) is 0 Å². The van der Waals surface area contributed by atoms with Gasteiger partial charge >= 0.3 is 0 Å². The van der Waals surface area contributed by atoms with E-state index in [2.05, 4.69) is 5.32 Å². The number of carbonyl (C=O) groups excluding carboxylic acids is 1. The van der Waals surface area contributed by atoms with Crippen molar-refractivity contribution in [1.29, 1.82) is 0 Å². The maximum Gasteiger partial charge on any atom is 0.261 e. The lowest BCUT2D eigenvalue weighted by atomic mass is 10.1. The Kier molecular flexibility index (Phi) is 6.37. The zero-order chi connectivity index (χ0) is 19.9. The highest BCUT2D eigenvalue weighted by Crippen LogP contribution is 2.21. The van der Waals surface area contributed by atoms with Crippen LogP contribution in [0.4, 0.5) is 0 Å². The number of ether oxygens (including phenoxy) is 3. The van der Waals surface area contributed by atoms with Crippen LogP contribution in [-0.4, -0.2) is 31.8 Å². The Bertz CT molecular complexity index is 923. The van der Waals surface area contributed by atoms with Gasteiger partial charge in [-0.1, -0.05) is 30.3 Å². The van der Waals surface area contributed by atoms with E-state index in [0.717, 1.165) is 22.3 Å². The van der Waals surface area contributed by atoms with Crippen molar-refractivity contribution < 1.29 is 19.0 Å². The van der Waals surface area contributed by atoms with Crippen molar-refractivity contribution in [2.75, 3.05) is 13.7 Å². The Hall–Kier alpha value is -3.21. The minimum absolute atomic E-state index is 0.155. The molecule has 0 unspecified atom stereocenters. The van der Waals surface area contributed by atoms with Crippen molar-refractivity contribution in [3.63, 3.8) is 0 Å². The van der Waals surface area contributed by atoms with E-state index in [1.165, 1.54) is 0 Å². The number of methoxy groups -OCH3 is 1. The molecule has 0 aliphatic rings. The minimum Gasteiger partial charge on any atom is -0.497 e. The van der Waals surface area contributed by atoms with Gasteiger partial charge in [-0.3, -0.25) is 4.79 Å². The van der Waals surface area contributed by atoms with Crippen LogP contribution in [0.2, 0.25) is 0 Å². The van der Waals surface area contributed by atoms with Crippen molar-refractivity contribution in [3.8, 4) is 17.2 Å². The molecular weight excluding hydrogens is 354 g/mol. The summed E-state index contributed by atoms with van der Waals surface area (Å²) in [7, 11) is 1.62. The number of hydrogen-bond donors (Lipinski definition) is 1. The van der Waals surface area contributed by atoms with Crippen LogP contribution in [0.3, 0.4) is 0 Å². The maximum absolute atomic E-state index is 12.4. The van der Waals surface area contributed by atoms with Gasteiger partial charge in [-0.15, -0.1) is 0 Å². The molecule has 5 heteroatoms. The first-order valence-corrected chi connectivity index (χ1v) is 9.28. The summed E-state index contributed by atoms with van der Waals surface area (Å²) < 4.78 is 16.6. The lowest BCUT2D eigenvalue weighted by molar-refractivity contribution is -0.128. The van der Waals surface area contributed by atoms with Gasteiger partial charge in [0.15, 0.2) is 6.10 Å². The highest BCUT2D eigenvalue weighted by Gasteiger charge is 2.17. The summed E-state index contributed by atoms with van der Waals surface area (Å²) in [5, 5.41) is 5.13. The molecule has 3 rings (SSSR count). The third kappa shape index (κ3) is 5.16. The Balaban J connectivity index is 1.49. The molecule has 3 aromatic carbocycles. The van der Waals surface area contributed by atoms with E-state index in [4.69, 9.17) is 14.2 Å². The SMILES string of the molecule is COc1ccc(OC[C@H](C)NC(=O)[C@@H](C)Oc2ccc3ccccc3c2)cc1. The average Bonchev–Trinajstić information content (AvgIpc) is 2.72. The van der Waals surface area contributed by atoms with E-state index in [1.807, 2.05) is 73.7 Å². The fraction of sp³-hybridized carbons (Fsp3) is 0.261. The van der Waals surface area contributed by atoms with Crippen LogP contribution in [0.5, 0.6) is 17.2 Å². The smallest absolute Gasteiger partial charge is 0.261 e. The zero-order valence-electron chi connectivity index (χ0n) is 16.3. The van der Waals surface area contributed by atoms with E-state index >= 15 is 0 Å². The van der Waals surface area contributed by atoms with Crippen LogP contribution >= 0.6 is 0 Å². The molecule has 0 aliphatic carbocycles. The van der Waals surface area contributed by atoms with Crippen LogP contribution in [0, 0.1) is 0 Å². The lowest BCUT2D eigenvalue weighted by Gasteiger charge is -2.19. The molecule has 5 nitrogen and oxygen atoms in total. The monoisotopic (exact) mass is 379 g/mol. The molecule has 0 aromatic heterocycles. The maximum atomic E-state index is 12.4. The van der Waals surface area contributed by atoms with Crippen LogP contribution in [0.1, 0.15) is 13.8 Å². The van der Waals surface area contributed by atoms with Gasteiger partial charge in [-0.25, -0.2) is 0 Å². The summed E-state index contributed by atoms with van der Waals surface area (Å²) in [4.78, 5) is 12.4. The summed E-state index contributed by atoms with van der Waals surface area (Å²) in [5.74, 6) is 1.98. The topological polar surface area (TPSA) is 56.8 Å². The Morgan fingerprint density at radius 2 is 1.54 bits per heavy atom. The third-order valence-corrected chi connectivity index (χ3v) is 4.35. The molecule has 0 fully saturated rings. The first-order valence-electron chi connectivity index (χ1n) is 9.28. The first-order chi connectivity index (χ1) is 13.5. The number of amides is 1. The molecule has 1 amide bonds. The Morgan fingerprint density at radius 1 is 0.893 bits per heavy atom. The third-order valence-electron chi connectivity index (χ3n) is 4.35. The quantitative estimate of drug-likeness (QED) is 0.637. The highest BCUT2D eigenvalue weighted by atomic mass is 16.5. The number of rotatable bonds is 8. The van der Waals surface area contributed by atoms with Crippen LogP contribution in [0.15, 0.2) is 66.7 Å². The predicted octanol–water partition coefficient (Wildman–Crippen LogP) is 4.20. The molecule has 0 saturated carbocycles. The summed E-state index contributed by atoms with van der Waals surface area (Å²) in [6.07, 6.45) is -0.607. The van der Waals surface area contributed by atoms with Gasteiger partial charge in [0.05, 0.1) is 13.2 Å². The van der Waals surface area contributed by atoms with Crippen molar-refractivity contribution >= 4 is 16.7 Å². The summed E-state index contributed by atoms with van der Waals surface area (Å²) in [6.45, 7) is 3.99. The number of hydrogen-bond acceptors (Lipinski definition) is 4. The average molecular weight is 379 g/mol. The standard InChI is InChI=1S/C23H25NO4/c1-16(15-27-21-12-10-20(26-3)11-13-21)24-23(25)17(2)28-22-9-8-18-6-4-5-7-19(18)14-22/h4-14,16-17H,15H2,1-3H3,(H,24,25)/t16-,17+/m0/s1. The first kappa shape index (κ1) is 19.5. The van der Waals surface area contributed by atoms with E-state index in [1.54, 1.807) is 14.0 Å². The second-order valence-corrected chi connectivity index (χ2v) is 6.67. The van der Waals surface area contributed by atoms with Crippen LogP contribution in [0.25, 0.3) is 10.8 Å². The molecule has 1 N–H and O–H groups in total. The molecule has 0 aliphatic heterocycles. The highest BCUT2D eigenvalue weighted by molar-refractivity contribution is 5.84. The summed E-state index contributed by atoms with van der Waals surface area (Å²) in [5.41, 5.74) is 0. The normalized spacial score (nSPS) is 12.8. The molecule has 0 spiro atoms. The molecule has 28 heavy (non-hydrogen) atoms. The lowest BCUT2D eigenvalue weighted by Crippen LogP contribution is -2.43. The van der Waals surface area contributed by atoms with Crippen molar-refractivity contribution in [3.05, 3.63) is 66.7 Å².